The lowest BCUT2D eigenvalue weighted by atomic mass is 10.1. The summed E-state index contributed by atoms with van der Waals surface area (Å²) in [6.45, 7) is 8.44. The number of aromatic nitrogens is 2. The van der Waals surface area contributed by atoms with E-state index in [1.165, 1.54) is 11.6 Å². The van der Waals surface area contributed by atoms with E-state index < -0.39 is 5.82 Å². The van der Waals surface area contributed by atoms with Gasteiger partial charge in [0.2, 0.25) is 0 Å². The van der Waals surface area contributed by atoms with Crippen LogP contribution in [0.25, 0.3) is 11.4 Å². The van der Waals surface area contributed by atoms with Crippen LogP contribution >= 0.6 is 0 Å². The minimum absolute atomic E-state index is 0.194. The fourth-order valence-corrected chi connectivity index (χ4v) is 3.63. The average Bonchev–Trinajstić information content (AvgIpc) is 2.78. The van der Waals surface area contributed by atoms with Gasteiger partial charge in [0.25, 0.3) is 0 Å². The van der Waals surface area contributed by atoms with E-state index in [1.807, 2.05) is 26.0 Å². The Hall–Kier alpha value is -3.48. The molecular formula is C24H26FN5O. The third kappa shape index (κ3) is 4.50. The van der Waals surface area contributed by atoms with Crippen molar-refractivity contribution in [3.63, 3.8) is 0 Å². The number of benzene rings is 2. The lowest BCUT2D eigenvalue weighted by Gasteiger charge is -2.36. The molecule has 160 valence electrons. The van der Waals surface area contributed by atoms with Crippen molar-refractivity contribution in [3.8, 4) is 11.4 Å². The Bertz CT molecular complexity index is 1090. The maximum atomic E-state index is 13.8. The summed E-state index contributed by atoms with van der Waals surface area (Å²) >= 11 is 0. The number of nitrogens with one attached hydrogen (secondary N) is 1. The number of hydrogen-bond acceptors (Lipinski definition) is 4. The van der Waals surface area contributed by atoms with Crippen LogP contribution in [-0.4, -0.2) is 47.1 Å². The highest BCUT2D eigenvalue weighted by Crippen LogP contribution is 2.26. The lowest BCUT2D eigenvalue weighted by Crippen LogP contribution is -2.50. The largest absolute Gasteiger partial charge is 0.353 e. The number of hydrogen-bond donors (Lipinski definition) is 1. The molecule has 2 heterocycles. The van der Waals surface area contributed by atoms with Gasteiger partial charge >= 0.3 is 6.03 Å². The van der Waals surface area contributed by atoms with Crippen LogP contribution in [0.5, 0.6) is 0 Å². The first-order valence-corrected chi connectivity index (χ1v) is 10.4. The van der Waals surface area contributed by atoms with Crippen molar-refractivity contribution in [3.05, 3.63) is 71.2 Å². The third-order valence-corrected chi connectivity index (χ3v) is 5.66. The van der Waals surface area contributed by atoms with E-state index in [4.69, 9.17) is 4.98 Å². The van der Waals surface area contributed by atoms with Gasteiger partial charge in [0.1, 0.15) is 11.6 Å². The zero-order valence-electron chi connectivity index (χ0n) is 18.0. The van der Waals surface area contributed by atoms with E-state index in [0.717, 1.165) is 22.6 Å². The monoisotopic (exact) mass is 419 g/mol. The highest BCUT2D eigenvalue weighted by atomic mass is 19.1. The van der Waals surface area contributed by atoms with Gasteiger partial charge in [-0.3, -0.25) is 0 Å². The molecule has 4 rings (SSSR count). The smallest absolute Gasteiger partial charge is 0.322 e. The second-order valence-electron chi connectivity index (χ2n) is 7.83. The first-order valence-electron chi connectivity index (χ1n) is 10.4. The molecule has 0 unspecified atom stereocenters. The quantitative estimate of drug-likeness (QED) is 0.676. The van der Waals surface area contributed by atoms with Crippen LogP contribution in [0.3, 0.4) is 0 Å². The fourth-order valence-electron chi connectivity index (χ4n) is 3.63. The average molecular weight is 420 g/mol. The first-order chi connectivity index (χ1) is 14.9. The summed E-state index contributed by atoms with van der Waals surface area (Å²) in [5.74, 6) is 1.17. The number of rotatable bonds is 3. The maximum Gasteiger partial charge on any atom is 0.322 e. The number of urea groups is 1. The molecule has 2 amide bonds. The van der Waals surface area contributed by atoms with Gasteiger partial charge in [-0.25, -0.2) is 19.2 Å². The van der Waals surface area contributed by atoms with Gasteiger partial charge in [0.15, 0.2) is 5.82 Å². The summed E-state index contributed by atoms with van der Waals surface area (Å²) in [6, 6.07) is 14.1. The number of anilines is 2. The molecule has 0 aliphatic carbocycles. The standard InChI is InChI=1S/C24H26FN5O/c1-16-8-10-19(11-9-16)22-26-18(3)17(2)23(28-22)29-12-14-30(15-13-29)24(31)27-21-7-5-4-6-20(21)25/h4-11H,12-15H2,1-3H3,(H,27,31). The van der Waals surface area contributed by atoms with Crippen LogP contribution < -0.4 is 10.2 Å². The molecule has 6 nitrogen and oxygen atoms in total. The minimum Gasteiger partial charge on any atom is -0.353 e. The van der Waals surface area contributed by atoms with Crippen LogP contribution in [0.15, 0.2) is 48.5 Å². The van der Waals surface area contributed by atoms with Crippen molar-refractivity contribution >= 4 is 17.5 Å². The highest BCUT2D eigenvalue weighted by Gasteiger charge is 2.24. The summed E-state index contributed by atoms with van der Waals surface area (Å²) in [5.41, 5.74) is 4.36. The van der Waals surface area contributed by atoms with E-state index in [-0.39, 0.29) is 11.7 Å². The van der Waals surface area contributed by atoms with Gasteiger partial charge < -0.3 is 15.1 Å². The van der Waals surface area contributed by atoms with Gasteiger partial charge in [0.05, 0.1) is 5.69 Å². The number of aryl methyl sites for hydroxylation is 2. The van der Waals surface area contributed by atoms with Gasteiger partial charge in [-0.05, 0) is 32.9 Å². The van der Waals surface area contributed by atoms with Crippen LogP contribution in [-0.2, 0) is 0 Å². The number of halogens is 1. The molecule has 3 aromatic rings. The Morgan fingerprint density at radius 3 is 2.29 bits per heavy atom. The fraction of sp³-hybridized carbons (Fsp3) is 0.292. The van der Waals surface area contributed by atoms with Crippen molar-refractivity contribution in [1.29, 1.82) is 0 Å². The van der Waals surface area contributed by atoms with Gasteiger partial charge in [-0.15, -0.1) is 0 Å². The van der Waals surface area contributed by atoms with Crippen molar-refractivity contribution in [2.45, 2.75) is 20.8 Å². The highest BCUT2D eigenvalue weighted by molar-refractivity contribution is 5.89. The number of piperazine rings is 1. The van der Waals surface area contributed by atoms with Gasteiger partial charge in [0, 0.05) is 43.0 Å². The number of carbonyl (C=O) groups is 1. The van der Waals surface area contributed by atoms with E-state index in [1.54, 1.807) is 23.1 Å². The number of amides is 2. The molecule has 1 aromatic heterocycles. The Morgan fingerprint density at radius 1 is 0.935 bits per heavy atom. The SMILES string of the molecule is Cc1ccc(-c2nc(C)c(C)c(N3CCN(C(=O)Nc4ccccc4F)CC3)n2)cc1. The van der Waals surface area contributed by atoms with E-state index in [0.29, 0.717) is 32.0 Å². The van der Waals surface area contributed by atoms with Crippen LogP contribution in [0.2, 0.25) is 0 Å². The summed E-state index contributed by atoms with van der Waals surface area (Å²) in [5, 5.41) is 2.66. The van der Waals surface area contributed by atoms with Crippen LogP contribution in [0, 0.1) is 26.6 Å². The molecule has 0 atom stereocenters. The summed E-state index contributed by atoms with van der Waals surface area (Å²) < 4.78 is 13.8. The molecule has 1 aliphatic heterocycles. The lowest BCUT2D eigenvalue weighted by molar-refractivity contribution is 0.208. The second-order valence-corrected chi connectivity index (χ2v) is 7.83. The summed E-state index contributed by atoms with van der Waals surface area (Å²) in [7, 11) is 0. The van der Waals surface area contributed by atoms with Crippen molar-refractivity contribution in [2.24, 2.45) is 0 Å². The molecule has 1 aliphatic rings. The normalized spacial score (nSPS) is 13.9. The third-order valence-electron chi connectivity index (χ3n) is 5.66. The molecule has 2 aromatic carbocycles. The molecule has 0 bridgehead atoms. The number of carbonyl (C=O) groups excluding carboxylic acids is 1. The molecule has 31 heavy (non-hydrogen) atoms. The Kier molecular flexibility index (Phi) is 5.84. The van der Waals surface area contributed by atoms with Crippen molar-refractivity contribution in [1.82, 2.24) is 14.9 Å². The molecule has 1 saturated heterocycles. The Balaban J connectivity index is 1.47. The second kappa shape index (κ2) is 8.71. The number of para-hydroxylation sites is 1. The molecule has 7 heteroatoms. The van der Waals surface area contributed by atoms with Crippen LogP contribution in [0.1, 0.15) is 16.8 Å². The molecule has 0 radical (unpaired) electrons. The first kappa shape index (κ1) is 20.8. The van der Waals surface area contributed by atoms with Crippen molar-refractivity contribution < 1.29 is 9.18 Å². The van der Waals surface area contributed by atoms with E-state index in [9.17, 15) is 9.18 Å². The zero-order chi connectivity index (χ0) is 22.0. The Labute approximate surface area is 181 Å². The van der Waals surface area contributed by atoms with Crippen LogP contribution in [0.4, 0.5) is 20.7 Å². The molecule has 1 N–H and O–H groups in total. The summed E-state index contributed by atoms with van der Waals surface area (Å²) in [6.07, 6.45) is 0. The Morgan fingerprint density at radius 2 is 1.61 bits per heavy atom. The van der Waals surface area contributed by atoms with E-state index in [2.05, 4.69) is 34.3 Å². The molecule has 1 fully saturated rings. The van der Waals surface area contributed by atoms with Gasteiger partial charge in [-0.1, -0.05) is 42.0 Å². The molecule has 0 saturated carbocycles. The maximum absolute atomic E-state index is 13.8. The minimum atomic E-state index is -0.440. The predicted octanol–water partition coefficient (Wildman–Crippen LogP) is 4.56. The number of nitrogens with zero attached hydrogens (tertiary/aromatic N) is 4. The molecule has 0 spiro atoms. The predicted molar refractivity (Wildman–Crippen MR) is 121 cm³/mol. The zero-order valence-corrected chi connectivity index (χ0v) is 18.0. The van der Waals surface area contributed by atoms with Gasteiger partial charge in [-0.2, -0.15) is 0 Å². The molecular weight excluding hydrogens is 393 g/mol. The summed E-state index contributed by atoms with van der Waals surface area (Å²) in [4.78, 5) is 26.0. The topological polar surface area (TPSA) is 61.4 Å². The van der Waals surface area contributed by atoms with Crippen molar-refractivity contribution in [2.75, 3.05) is 36.4 Å². The van der Waals surface area contributed by atoms with E-state index >= 15 is 0 Å².